The lowest BCUT2D eigenvalue weighted by Crippen LogP contribution is -2.28. The first-order chi connectivity index (χ1) is 8.43. The van der Waals surface area contributed by atoms with E-state index in [0.717, 1.165) is 11.8 Å². The molecule has 0 amide bonds. The van der Waals surface area contributed by atoms with Crippen LogP contribution in [0.15, 0.2) is 23.1 Å². The number of halogens is 1. The molecule has 0 aliphatic rings. The minimum Gasteiger partial charge on any atom is -0.207 e. The van der Waals surface area contributed by atoms with Gasteiger partial charge in [-0.1, -0.05) is 15.9 Å². The van der Waals surface area contributed by atoms with E-state index in [1.54, 1.807) is 20.0 Å². The van der Waals surface area contributed by atoms with E-state index in [1.165, 1.54) is 16.4 Å². The van der Waals surface area contributed by atoms with Gasteiger partial charge >= 0.3 is 0 Å². The normalized spacial score (nSPS) is 11.5. The molecule has 0 aromatic heterocycles. The molecule has 0 bridgehead atoms. The largest absolute Gasteiger partial charge is 0.243 e. The highest BCUT2D eigenvalue weighted by Gasteiger charge is 2.22. The predicted octanol–water partition coefficient (Wildman–Crippen LogP) is 2.27. The Bertz CT molecular complexity index is 564. The number of hydrogen-bond acceptors (Lipinski definition) is 3. The molecule has 0 atom stereocenters. The third-order valence-corrected chi connectivity index (χ3v) is 5.18. The van der Waals surface area contributed by atoms with E-state index < -0.39 is 10.0 Å². The lowest BCUT2D eigenvalue weighted by atomic mass is 10.2. The Morgan fingerprint density at radius 2 is 2.11 bits per heavy atom. The van der Waals surface area contributed by atoms with Crippen molar-refractivity contribution in [3.05, 3.63) is 29.3 Å². The van der Waals surface area contributed by atoms with Crippen molar-refractivity contribution in [3.63, 3.8) is 0 Å². The lowest BCUT2D eigenvalue weighted by molar-refractivity contribution is 0.469. The van der Waals surface area contributed by atoms with Crippen LogP contribution in [0.4, 0.5) is 0 Å². The van der Waals surface area contributed by atoms with Gasteiger partial charge in [-0.2, -0.15) is 5.26 Å². The lowest BCUT2D eigenvalue weighted by Gasteiger charge is -2.18. The molecule has 0 spiro atoms. The number of hydrogen-bond donors (Lipinski definition) is 0. The molecule has 0 unspecified atom stereocenters. The quantitative estimate of drug-likeness (QED) is 0.778. The predicted molar refractivity (Wildman–Crippen MR) is 74.1 cm³/mol. The van der Waals surface area contributed by atoms with Crippen LogP contribution in [0.2, 0.25) is 0 Å². The molecule has 1 rings (SSSR count). The molecule has 0 saturated heterocycles. The molecule has 0 aliphatic carbocycles. The van der Waals surface area contributed by atoms with Crippen LogP contribution < -0.4 is 0 Å². The van der Waals surface area contributed by atoms with Crippen LogP contribution in [-0.4, -0.2) is 31.6 Å². The fourth-order valence-corrected chi connectivity index (χ4v) is 3.24. The van der Waals surface area contributed by atoms with Crippen molar-refractivity contribution in [3.8, 4) is 6.07 Å². The van der Waals surface area contributed by atoms with Crippen LogP contribution in [0, 0.1) is 18.3 Å². The van der Waals surface area contributed by atoms with E-state index in [0.29, 0.717) is 17.7 Å². The average Bonchev–Trinajstić information content (AvgIpc) is 2.35. The maximum Gasteiger partial charge on any atom is 0.243 e. The van der Waals surface area contributed by atoms with Crippen molar-refractivity contribution < 1.29 is 8.42 Å². The molecule has 0 fully saturated rings. The van der Waals surface area contributed by atoms with E-state index in [1.807, 2.05) is 6.07 Å². The van der Waals surface area contributed by atoms with Crippen molar-refractivity contribution >= 4 is 26.0 Å². The van der Waals surface area contributed by atoms with Gasteiger partial charge in [0.25, 0.3) is 0 Å². The molecule has 98 valence electrons. The third-order valence-electron chi connectivity index (χ3n) is 2.60. The molecule has 0 saturated carbocycles. The Labute approximate surface area is 116 Å². The van der Waals surface area contributed by atoms with E-state index in [9.17, 15) is 8.42 Å². The van der Waals surface area contributed by atoms with Gasteiger partial charge < -0.3 is 0 Å². The Hall–Kier alpha value is -0.900. The van der Waals surface area contributed by atoms with Crippen LogP contribution in [0.1, 0.15) is 17.5 Å². The van der Waals surface area contributed by atoms with Gasteiger partial charge in [-0.15, -0.1) is 0 Å². The molecule has 4 nitrogen and oxygen atoms in total. The summed E-state index contributed by atoms with van der Waals surface area (Å²) in [4.78, 5) is 0.263. The van der Waals surface area contributed by atoms with Crippen LogP contribution in [0.5, 0.6) is 0 Å². The fourth-order valence-electron chi connectivity index (χ4n) is 1.58. The first-order valence-electron chi connectivity index (χ1n) is 5.46. The minimum absolute atomic E-state index is 0.263. The molecule has 1 aromatic rings. The van der Waals surface area contributed by atoms with Crippen molar-refractivity contribution in [2.24, 2.45) is 0 Å². The zero-order chi connectivity index (χ0) is 13.8. The number of aryl methyl sites for hydroxylation is 1. The zero-order valence-corrected chi connectivity index (χ0v) is 12.8. The van der Waals surface area contributed by atoms with Gasteiger partial charge in [-0.05, 0) is 37.1 Å². The van der Waals surface area contributed by atoms with Crippen LogP contribution in [0.25, 0.3) is 0 Å². The number of nitriles is 1. The van der Waals surface area contributed by atoms with Crippen LogP contribution >= 0.6 is 15.9 Å². The zero-order valence-electron chi connectivity index (χ0n) is 10.4. The van der Waals surface area contributed by atoms with Gasteiger partial charge in [0, 0.05) is 18.9 Å². The smallest absolute Gasteiger partial charge is 0.207 e. The summed E-state index contributed by atoms with van der Waals surface area (Å²) in [5.74, 6) is 0. The number of nitrogens with zero attached hydrogens (tertiary/aromatic N) is 2. The molecule has 0 N–H and O–H groups in total. The highest BCUT2D eigenvalue weighted by atomic mass is 79.9. The summed E-state index contributed by atoms with van der Waals surface area (Å²) in [5.41, 5.74) is 1.06. The van der Waals surface area contributed by atoms with E-state index in [4.69, 9.17) is 5.26 Å². The third kappa shape index (κ3) is 3.31. The Morgan fingerprint density at radius 1 is 1.44 bits per heavy atom. The second-order valence-corrected chi connectivity index (χ2v) is 6.77. The average molecular weight is 331 g/mol. The summed E-state index contributed by atoms with van der Waals surface area (Å²) in [6, 6.07) is 6.60. The van der Waals surface area contributed by atoms with Crippen molar-refractivity contribution in [1.29, 1.82) is 5.26 Å². The molecule has 18 heavy (non-hydrogen) atoms. The van der Waals surface area contributed by atoms with Gasteiger partial charge in [0.2, 0.25) is 10.0 Å². The molecule has 0 aliphatic heterocycles. The Balaban J connectivity index is 3.09. The molecular formula is C12H15BrN2O2S. The van der Waals surface area contributed by atoms with Gasteiger partial charge in [-0.25, -0.2) is 12.7 Å². The minimum atomic E-state index is -3.46. The number of rotatable bonds is 5. The summed E-state index contributed by atoms with van der Waals surface area (Å²) in [6.45, 7) is 2.17. The van der Waals surface area contributed by atoms with Gasteiger partial charge in [0.1, 0.15) is 0 Å². The molecule has 1 aromatic carbocycles. The maximum absolute atomic E-state index is 12.3. The molecule has 6 heteroatoms. The van der Waals surface area contributed by atoms with E-state index >= 15 is 0 Å². The monoisotopic (exact) mass is 330 g/mol. The molecule has 0 radical (unpaired) electrons. The van der Waals surface area contributed by atoms with Gasteiger partial charge in [0.05, 0.1) is 16.5 Å². The van der Waals surface area contributed by atoms with Crippen molar-refractivity contribution in [2.45, 2.75) is 18.2 Å². The van der Waals surface area contributed by atoms with E-state index in [-0.39, 0.29) is 4.90 Å². The molecular weight excluding hydrogens is 316 g/mol. The van der Waals surface area contributed by atoms with Crippen molar-refractivity contribution in [1.82, 2.24) is 4.31 Å². The summed E-state index contributed by atoms with van der Waals surface area (Å²) >= 11 is 3.28. The summed E-state index contributed by atoms with van der Waals surface area (Å²) in [6.07, 6.45) is 0.755. The van der Waals surface area contributed by atoms with Gasteiger partial charge in [-0.3, -0.25) is 0 Å². The second-order valence-electron chi connectivity index (χ2n) is 3.96. The number of sulfonamides is 1. The first kappa shape index (κ1) is 15.2. The standard InChI is InChI=1S/C12H15BrN2O2S/c1-10-8-11(9-14)4-5-12(10)18(16,17)15(2)7-3-6-13/h4-5,8H,3,6-7H2,1-2H3. The van der Waals surface area contributed by atoms with Crippen molar-refractivity contribution in [2.75, 3.05) is 18.9 Å². The van der Waals surface area contributed by atoms with E-state index in [2.05, 4.69) is 15.9 Å². The maximum atomic E-state index is 12.3. The highest BCUT2D eigenvalue weighted by molar-refractivity contribution is 9.09. The number of benzene rings is 1. The first-order valence-corrected chi connectivity index (χ1v) is 8.02. The van der Waals surface area contributed by atoms with Crippen LogP contribution in [-0.2, 0) is 10.0 Å². The van der Waals surface area contributed by atoms with Crippen LogP contribution in [0.3, 0.4) is 0 Å². The highest BCUT2D eigenvalue weighted by Crippen LogP contribution is 2.20. The fraction of sp³-hybridized carbons (Fsp3) is 0.417. The second kappa shape index (κ2) is 6.32. The number of alkyl halides is 1. The molecule has 0 heterocycles. The Morgan fingerprint density at radius 3 is 2.61 bits per heavy atom. The summed E-state index contributed by atoms with van der Waals surface area (Å²) < 4.78 is 25.9. The van der Waals surface area contributed by atoms with Gasteiger partial charge in [0.15, 0.2) is 0 Å². The SMILES string of the molecule is Cc1cc(C#N)ccc1S(=O)(=O)N(C)CCCBr. The summed E-state index contributed by atoms with van der Waals surface area (Å²) in [5, 5.41) is 9.53. The topological polar surface area (TPSA) is 61.2 Å². The Kier molecular flexibility index (Phi) is 5.32. The summed E-state index contributed by atoms with van der Waals surface area (Å²) in [7, 11) is -1.90.